The molecule has 0 aromatic rings. The van der Waals surface area contributed by atoms with E-state index in [4.69, 9.17) is 32.3 Å². The Morgan fingerprint density at radius 3 is 0.926 bits per heavy atom. The number of phosphoric acid groups is 2. The molecule has 0 heterocycles. The van der Waals surface area contributed by atoms with Gasteiger partial charge in [-0.05, 0) is 109 Å². The van der Waals surface area contributed by atoms with Gasteiger partial charge < -0.3 is 34.2 Å². The summed E-state index contributed by atoms with van der Waals surface area (Å²) in [6.45, 7) is 2.51. The van der Waals surface area contributed by atoms with Gasteiger partial charge in [0, 0.05) is 19.3 Å². The van der Waals surface area contributed by atoms with E-state index in [2.05, 4.69) is 106 Å². The van der Waals surface area contributed by atoms with Gasteiger partial charge in [-0.2, -0.15) is 0 Å². The Balaban J connectivity index is 4.24. The van der Waals surface area contributed by atoms with Crippen molar-refractivity contribution >= 4 is 33.6 Å². The van der Waals surface area contributed by atoms with Gasteiger partial charge >= 0.3 is 33.6 Å². The molecule has 0 rings (SSSR count). The van der Waals surface area contributed by atoms with Crippen molar-refractivity contribution in [2.24, 2.45) is 0 Å². The smallest absolute Gasteiger partial charge is 0.463 e. The van der Waals surface area contributed by atoms with Gasteiger partial charge in [0.05, 0.1) is 26.4 Å². The van der Waals surface area contributed by atoms with E-state index in [1.807, 2.05) is 0 Å². The molecule has 4 N–H and O–H groups in total. The highest BCUT2D eigenvalue weighted by atomic mass is 31.2. The highest BCUT2D eigenvalue weighted by Crippen LogP contribution is 2.45. The van der Waals surface area contributed by atoms with Gasteiger partial charge in [-0.1, -0.05) is 286 Å². The van der Waals surface area contributed by atoms with Crippen LogP contribution in [0.4, 0.5) is 0 Å². The Labute approximate surface area is 578 Å². The first kappa shape index (κ1) is 91.7. The minimum atomic E-state index is -4.92. The molecule has 0 aliphatic carbocycles. The van der Waals surface area contributed by atoms with E-state index in [0.29, 0.717) is 19.3 Å². The molecule has 552 valence electrons. The summed E-state index contributed by atoms with van der Waals surface area (Å²) in [5.41, 5.74) is 0. The number of carbonyl (C=O) groups excluding carboxylic acids is 3. The fourth-order valence-corrected chi connectivity index (χ4v) is 11.9. The van der Waals surface area contributed by atoms with Crippen LogP contribution in [0.5, 0.6) is 0 Å². The summed E-state index contributed by atoms with van der Waals surface area (Å²) in [7, 11) is -9.76. The van der Waals surface area contributed by atoms with Crippen molar-refractivity contribution in [1.29, 1.82) is 0 Å². The molecule has 95 heavy (non-hydrogen) atoms. The molecule has 0 saturated carbocycles. The monoisotopic (exact) mass is 1380 g/mol. The molecule has 0 fully saturated rings. The summed E-state index contributed by atoms with van der Waals surface area (Å²) in [6, 6.07) is 0. The van der Waals surface area contributed by atoms with Crippen LogP contribution in [0.3, 0.4) is 0 Å². The number of rotatable bonds is 72. The fourth-order valence-electron chi connectivity index (χ4n) is 10.3. The minimum Gasteiger partial charge on any atom is -0.463 e. The van der Waals surface area contributed by atoms with E-state index in [-0.39, 0.29) is 19.3 Å². The minimum absolute atomic E-state index is 0.0952. The third-order valence-corrected chi connectivity index (χ3v) is 18.0. The molecule has 0 saturated heterocycles. The molecular weight excluding hydrogens is 1240 g/mol. The maximum absolute atomic E-state index is 12.8. The van der Waals surface area contributed by atoms with Crippen LogP contribution in [0.15, 0.2) is 85.1 Å². The average molecular weight is 1380 g/mol. The number of hydrogen-bond donors (Lipinski definition) is 4. The van der Waals surface area contributed by atoms with Crippen molar-refractivity contribution in [3.63, 3.8) is 0 Å². The zero-order chi connectivity index (χ0) is 69.5. The van der Waals surface area contributed by atoms with Gasteiger partial charge in [-0.3, -0.25) is 32.5 Å². The van der Waals surface area contributed by atoms with Gasteiger partial charge in [0.2, 0.25) is 0 Å². The van der Waals surface area contributed by atoms with Crippen LogP contribution in [0, 0.1) is 0 Å². The molecular formula is C77H138O16P2. The van der Waals surface area contributed by atoms with Crippen molar-refractivity contribution in [1.82, 2.24) is 0 Å². The molecule has 0 aliphatic rings. The highest BCUT2D eigenvalue weighted by Gasteiger charge is 2.29. The number of hydrogen-bond acceptors (Lipinski definition) is 14. The number of phosphoric ester groups is 2. The first-order valence-electron chi connectivity index (χ1n) is 37.9. The molecule has 0 aliphatic heterocycles. The molecule has 18 heteroatoms. The second-order valence-corrected chi connectivity index (χ2v) is 28.3. The number of ether oxygens (including phenoxy) is 3. The molecule has 0 spiro atoms. The van der Waals surface area contributed by atoms with E-state index < -0.39 is 91.5 Å². The number of aliphatic hydroxyl groups excluding tert-OH is 2. The summed E-state index contributed by atoms with van der Waals surface area (Å²) in [5.74, 6) is -1.58. The van der Waals surface area contributed by atoms with Gasteiger partial charge in [-0.15, -0.1) is 0 Å². The van der Waals surface area contributed by atoms with Crippen molar-refractivity contribution in [3.05, 3.63) is 85.1 Å². The number of aliphatic hydroxyl groups is 2. The molecule has 5 atom stereocenters. The quantitative estimate of drug-likeness (QED) is 0.0146. The van der Waals surface area contributed by atoms with Crippen molar-refractivity contribution in [2.75, 3.05) is 39.6 Å². The summed E-state index contributed by atoms with van der Waals surface area (Å²) < 4.78 is 60.8. The Bertz CT molecular complexity index is 2070. The second kappa shape index (κ2) is 70.6. The van der Waals surface area contributed by atoms with Crippen LogP contribution in [0.1, 0.15) is 329 Å². The fraction of sp³-hybridized carbons (Fsp3) is 0.779. The molecule has 0 amide bonds. The Morgan fingerprint density at radius 2 is 0.568 bits per heavy atom. The van der Waals surface area contributed by atoms with Crippen molar-refractivity contribution < 1.29 is 75.8 Å². The second-order valence-electron chi connectivity index (χ2n) is 25.4. The van der Waals surface area contributed by atoms with Gasteiger partial charge in [0.1, 0.15) is 25.4 Å². The third kappa shape index (κ3) is 71.8. The maximum atomic E-state index is 12.8. The number of allylic oxidation sites excluding steroid dienone is 14. The van der Waals surface area contributed by atoms with Crippen molar-refractivity contribution in [2.45, 2.75) is 347 Å². The van der Waals surface area contributed by atoms with Gasteiger partial charge in [-0.25, -0.2) is 9.13 Å². The normalized spacial score (nSPS) is 14.6. The van der Waals surface area contributed by atoms with E-state index in [1.165, 1.54) is 141 Å². The van der Waals surface area contributed by atoms with Crippen LogP contribution < -0.4 is 0 Å². The number of esters is 3. The van der Waals surface area contributed by atoms with Crippen LogP contribution >= 0.6 is 15.6 Å². The molecule has 0 radical (unpaired) electrons. The zero-order valence-electron chi connectivity index (χ0n) is 60.1. The summed E-state index contributed by atoms with van der Waals surface area (Å²) in [5, 5.41) is 20.6. The van der Waals surface area contributed by atoms with Crippen molar-refractivity contribution in [3.8, 4) is 0 Å². The standard InChI is InChI=1S/C77H138O16P2/c1-4-7-10-13-16-19-22-24-25-26-27-28-29-30-31-32-33-34-35-36-37-38-39-40-41-42-43-44-45-47-50-51-54-57-60-63-75(80)87-66-72(78)67-89-94(83,84)90-68-73(79)69-91-95(85,86)92-71-74(93-77(82)65-62-59-56-53-48-21-18-15-12-9-6-3)70-88-76(81)64-61-58-55-52-49-46-23-20-17-14-11-8-5-2/h7,10,15-16,18-20,23-25,27-28,30-31,72-74,78-79H,4-6,8-9,11-14,17,21-22,26,29,32-71H2,1-3H3,(H,83,84)(H,85,86)/b10-7-,18-15-,19-16-,23-20-,25-24-,28-27-,31-30-. The zero-order valence-corrected chi connectivity index (χ0v) is 61.9. The van der Waals surface area contributed by atoms with Gasteiger partial charge in [0.25, 0.3) is 0 Å². The molecule has 16 nitrogen and oxygen atoms in total. The van der Waals surface area contributed by atoms with Gasteiger partial charge in [0.15, 0.2) is 6.10 Å². The third-order valence-electron chi connectivity index (χ3n) is 16.1. The lowest BCUT2D eigenvalue weighted by Crippen LogP contribution is -2.30. The van der Waals surface area contributed by atoms with Crippen LogP contribution in [0.25, 0.3) is 0 Å². The largest absolute Gasteiger partial charge is 0.472 e. The first-order valence-corrected chi connectivity index (χ1v) is 40.9. The predicted octanol–water partition coefficient (Wildman–Crippen LogP) is 21.7. The molecule has 5 unspecified atom stereocenters. The van der Waals surface area contributed by atoms with Crippen LogP contribution in [-0.2, 0) is 55.8 Å². The Kier molecular flexibility index (Phi) is 68.2. The van der Waals surface area contributed by atoms with E-state index in [1.54, 1.807) is 0 Å². The topological polar surface area (TPSA) is 231 Å². The maximum Gasteiger partial charge on any atom is 0.472 e. The van der Waals surface area contributed by atoms with E-state index in [9.17, 15) is 43.5 Å². The summed E-state index contributed by atoms with van der Waals surface area (Å²) in [4.78, 5) is 58.3. The molecule has 0 aromatic heterocycles. The van der Waals surface area contributed by atoms with Crippen LogP contribution in [0.2, 0.25) is 0 Å². The number of unbranched alkanes of at least 4 members (excludes halogenated alkanes) is 35. The summed E-state index contributed by atoms with van der Waals surface area (Å²) >= 11 is 0. The Hall–Kier alpha value is -3.27. The Morgan fingerprint density at radius 1 is 0.305 bits per heavy atom. The van der Waals surface area contributed by atoms with E-state index >= 15 is 0 Å². The lowest BCUT2D eigenvalue weighted by molar-refractivity contribution is -0.161. The SMILES string of the molecule is CC/C=C\C/C=C\C/C=C\C/C=C\C/C=C\CCCCCCCCCCCCCCCCCCCCCC(=O)OCC(O)COP(=O)(O)OCC(O)COP(=O)(O)OCC(COC(=O)CCCCCCC/C=C\CCCCCC)OC(=O)CCCCCCC/C=C\CCCC. The van der Waals surface area contributed by atoms with E-state index in [0.717, 1.165) is 128 Å². The highest BCUT2D eigenvalue weighted by molar-refractivity contribution is 7.47. The number of carbonyl (C=O) groups is 3. The average Bonchev–Trinajstić information content (AvgIpc) is 3.02. The van der Waals surface area contributed by atoms with Crippen LogP contribution in [-0.4, -0.2) is 95.9 Å². The lowest BCUT2D eigenvalue weighted by atomic mass is 10.0. The first-order chi connectivity index (χ1) is 46.2. The predicted molar refractivity (Wildman–Crippen MR) is 390 cm³/mol. The summed E-state index contributed by atoms with van der Waals surface area (Å²) in [6.07, 6.45) is 78.3. The molecule has 0 aromatic carbocycles. The lowest BCUT2D eigenvalue weighted by Gasteiger charge is -2.21. The molecule has 0 bridgehead atoms.